The summed E-state index contributed by atoms with van der Waals surface area (Å²) < 4.78 is 57.2. The standard InChI is InChI=1S/C26H28F3N3O4/c1-4-19(27)6-5-11-31-21-9-8-20(12-18(21)14-30)36-24(16(2)32-25(33)26(3,28)29)17-7-10-22-23(13-17)35-15-34-22/h4-10,12-14,16,24,30-31H,11,15H2,1-3H3,(H,32,33)/b6-5-,19-4+,30-14?/t16?,24-/m0/s1. The summed E-state index contributed by atoms with van der Waals surface area (Å²) in [7, 11) is 0. The van der Waals surface area contributed by atoms with E-state index in [1.165, 1.54) is 12.2 Å². The Morgan fingerprint density at radius 3 is 2.67 bits per heavy atom. The fourth-order valence-electron chi connectivity index (χ4n) is 3.44. The van der Waals surface area contributed by atoms with E-state index in [0.29, 0.717) is 47.5 Å². The summed E-state index contributed by atoms with van der Waals surface area (Å²) in [6.07, 6.45) is 4.55. The molecule has 2 aromatic carbocycles. The van der Waals surface area contributed by atoms with Gasteiger partial charge in [0.15, 0.2) is 11.5 Å². The molecule has 10 heteroatoms. The van der Waals surface area contributed by atoms with Crippen LogP contribution in [0.25, 0.3) is 0 Å². The minimum atomic E-state index is -3.56. The molecule has 0 radical (unpaired) electrons. The van der Waals surface area contributed by atoms with Crippen molar-refractivity contribution in [2.24, 2.45) is 0 Å². The fourth-order valence-corrected chi connectivity index (χ4v) is 3.44. The maximum absolute atomic E-state index is 13.5. The molecule has 3 N–H and O–H groups in total. The van der Waals surface area contributed by atoms with Gasteiger partial charge in [0.2, 0.25) is 6.79 Å². The van der Waals surface area contributed by atoms with Gasteiger partial charge in [-0.3, -0.25) is 4.79 Å². The third kappa shape index (κ3) is 6.80. The molecule has 1 heterocycles. The first-order valence-corrected chi connectivity index (χ1v) is 11.2. The largest absolute Gasteiger partial charge is 0.484 e. The number of amides is 1. The Balaban J connectivity index is 1.84. The minimum absolute atomic E-state index is 0.0619. The van der Waals surface area contributed by atoms with Crippen LogP contribution in [0.5, 0.6) is 17.2 Å². The van der Waals surface area contributed by atoms with Gasteiger partial charge in [0.25, 0.3) is 5.91 Å². The van der Waals surface area contributed by atoms with Crippen LogP contribution in [0.3, 0.4) is 0 Å². The predicted octanol–water partition coefficient (Wildman–Crippen LogP) is 5.53. The number of rotatable bonds is 11. The molecule has 0 spiro atoms. The molecular weight excluding hydrogens is 475 g/mol. The monoisotopic (exact) mass is 503 g/mol. The fraction of sp³-hybridized carbons (Fsp3) is 0.308. The summed E-state index contributed by atoms with van der Waals surface area (Å²) in [6, 6.07) is 9.14. The summed E-state index contributed by atoms with van der Waals surface area (Å²) >= 11 is 0. The van der Waals surface area contributed by atoms with E-state index in [4.69, 9.17) is 19.6 Å². The van der Waals surface area contributed by atoms with Gasteiger partial charge in [-0.05, 0) is 55.8 Å². The number of alkyl halides is 2. The van der Waals surface area contributed by atoms with Crippen LogP contribution in [0.1, 0.15) is 38.0 Å². The van der Waals surface area contributed by atoms with Crippen LogP contribution in [-0.2, 0) is 4.79 Å². The van der Waals surface area contributed by atoms with E-state index >= 15 is 0 Å². The lowest BCUT2D eigenvalue weighted by Crippen LogP contribution is -2.46. The van der Waals surface area contributed by atoms with Crippen LogP contribution >= 0.6 is 0 Å². The number of anilines is 1. The quantitative estimate of drug-likeness (QED) is 0.277. The van der Waals surface area contributed by atoms with Crippen LogP contribution in [0.4, 0.5) is 18.9 Å². The Kier molecular flexibility index (Phi) is 8.63. The number of benzene rings is 2. The van der Waals surface area contributed by atoms with Gasteiger partial charge in [0, 0.05) is 30.9 Å². The van der Waals surface area contributed by atoms with Crippen molar-refractivity contribution in [1.29, 1.82) is 5.41 Å². The second-order valence-corrected chi connectivity index (χ2v) is 8.15. The smallest absolute Gasteiger partial charge is 0.321 e. The van der Waals surface area contributed by atoms with E-state index in [9.17, 15) is 18.0 Å². The van der Waals surface area contributed by atoms with E-state index < -0.39 is 24.0 Å². The highest BCUT2D eigenvalue weighted by molar-refractivity contribution is 5.86. The molecule has 1 amide bonds. The summed E-state index contributed by atoms with van der Waals surface area (Å²) in [5.41, 5.74) is 1.68. The molecule has 1 aliphatic heterocycles. The molecule has 0 aromatic heterocycles. The highest BCUT2D eigenvalue weighted by atomic mass is 19.3. The van der Waals surface area contributed by atoms with Gasteiger partial charge >= 0.3 is 5.92 Å². The first-order chi connectivity index (χ1) is 17.1. The third-order valence-corrected chi connectivity index (χ3v) is 5.34. The zero-order valence-electron chi connectivity index (χ0n) is 20.1. The molecule has 3 rings (SSSR count). The zero-order chi connectivity index (χ0) is 26.3. The van der Waals surface area contributed by atoms with E-state index in [-0.39, 0.29) is 12.6 Å². The normalized spacial score (nSPS) is 14.9. The van der Waals surface area contributed by atoms with E-state index in [1.54, 1.807) is 56.3 Å². The second-order valence-electron chi connectivity index (χ2n) is 8.15. The average molecular weight is 504 g/mol. The van der Waals surface area contributed by atoms with Gasteiger partial charge in [-0.2, -0.15) is 8.78 Å². The van der Waals surface area contributed by atoms with Crippen LogP contribution < -0.4 is 24.8 Å². The third-order valence-electron chi connectivity index (χ3n) is 5.34. The van der Waals surface area contributed by atoms with E-state index in [0.717, 1.165) is 6.21 Å². The highest BCUT2D eigenvalue weighted by Gasteiger charge is 2.35. The Bertz CT molecular complexity index is 1160. The highest BCUT2D eigenvalue weighted by Crippen LogP contribution is 2.36. The van der Waals surface area contributed by atoms with Crippen molar-refractivity contribution in [2.75, 3.05) is 18.7 Å². The molecule has 0 aliphatic carbocycles. The number of fused-ring (bicyclic) bond motifs is 1. The van der Waals surface area contributed by atoms with Crippen LogP contribution in [0.15, 0.2) is 60.5 Å². The van der Waals surface area contributed by atoms with Crippen molar-refractivity contribution in [3.63, 3.8) is 0 Å². The first-order valence-electron chi connectivity index (χ1n) is 11.2. The van der Waals surface area contributed by atoms with Crippen molar-refractivity contribution in [2.45, 2.75) is 38.8 Å². The molecule has 2 aromatic rings. The van der Waals surface area contributed by atoms with Crippen LogP contribution in [-0.4, -0.2) is 37.4 Å². The van der Waals surface area contributed by atoms with Gasteiger partial charge in [0.05, 0.1) is 6.04 Å². The van der Waals surface area contributed by atoms with Gasteiger partial charge in [0.1, 0.15) is 17.7 Å². The Labute approximate surface area is 207 Å². The second kappa shape index (κ2) is 11.7. The minimum Gasteiger partial charge on any atom is -0.484 e. The molecule has 0 saturated carbocycles. The molecule has 1 aliphatic rings. The lowest BCUT2D eigenvalue weighted by molar-refractivity contribution is -0.144. The number of ether oxygens (including phenoxy) is 3. The Morgan fingerprint density at radius 2 is 1.97 bits per heavy atom. The molecule has 192 valence electrons. The van der Waals surface area contributed by atoms with Crippen LogP contribution in [0, 0.1) is 5.41 Å². The number of hydrogen-bond acceptors (Lipinski definition) is 6. The molecule has 2 atom stereocenters. The summed E-state index contributed by atoms with van der Waals surface area (Å²) in [5, 5.41) is 13.2. The van der Waals surface area contributed by atoms with E-state index in [2.05, 4.69) is 10.6 Å². The van der Waals surface area contributed by atoms with Crippen molar-refractivity contribution in [3.8, 4) is 17.2 Å². The first kappa shape index (κ1) is 26.7. The van der Waals surface area contributed by atoms with Gasteiger partial charge in [-0.15, -0.1) is 0 Å². The topological polar surface area (TPSA) is 92.7 Å². The maximum atomic E-state index is 13.5. The van der Waals surface area contributed by atoms with Crippen molar-refractivity contribution in [3.05, 3.63) is 71.6 Å². The number of allylic oxidation sites excluding steroid dienone is 3. The number of hydrogen-bond donors (Lipinski definition) is 3. The number of carbonyl (C=O) groups excluding carboxylic acids is 1. The van der Waals surface area contributed by atoms with Gasteiger partial charge in [-0.1, -0.05) is 18.2 Å². The van der Waals surface area contributed by atoms with Gasteiger partial charge < -0.3 is 30.3 Å². The van der Waals surface area contributed by atoms with Crippen molar-refractivity contribution < 1.29 is 32.2 Å². The summed E-state index contributed by atoms with van der Waals surface area (Å²) in [4.78, 5) is 12.0. The SMILES string of the molecule is C/C=C(F)\C=C/CNc1ccc(O[C@H](c2ccc3c(c2)OCO3)C(C)NC(=O)C(C)(F)F)cc1C=N. The maximum Gasteiger partial charge on any atom is 0.321 e. The number of carbonyl (C=O) groups is 1. The molecule has 0 fully saturated rings. The lowest BCUT2D eigenvalue weighted by Gasteiger charge is -2.28. The Morgan fingerprint density at radius 1 is 1.22 bits per heavy atom. The molecule has 7 nitrogen and oxygen atoms in total. The van der Waals surface area contributed by atoms with Gasteiger partial charge in [-0.25, -0.2) is 4.39 Å². The molecular formula is C26H28F3N3O4. The molecule has 0 bridgehead atoms. The Hall–Kier alpha value is -3.95. The summed E-state index contributed by atoms with van der Waals surface area (Å²) in [5.74, 6) is -3.97. The molecule has 36 heavy (non-hydrogen) atoms. The van der Waals surface area contributed by atoms with E-state index in [1.807, 2.05) is 0 Å². The summed E-state index contributed by atoms with van der Waals surface area (Å²) in [6.45, 7) is 4.07. The predicted molar refractivity (Wildman–Crippen MR) is 131 cm³/mol. The van der Waals surface area contributed by atoms with Crippen molar-refractivity contribution >= 4 is 17.8 Å². The zero-order valence-corrected chi connectivity index (χ0v) is 20.1. The number of nitrogens with one attached hydrogen (secondary N) is 3. The molecule has 1 unspecified atom stereocenters. The van der Waals surface area contributed by atoms with Crippen LogP contribution in [0.2, 0.25) is 0 Å². The molecule has 0 saturated heterocycles. The van der Waals surface area contributed by atoms with Crippen molar-refractivity contribution in [1.82, 2.24) is 5.32 Å². The average Bonchev–Trinajstić information content (AvgIpc) is 3.32. The lowest BCUT2D eigenvalue weighted by atomic mass is 10.0. The number of halogens is 3.